The number of thiophene rings is 1. The van der Waals surface area contributed by atoms with Gasteiger partial charge in [0, 0.05) is 17.1 Å². The molecule has 1 aromatic carbocycles. The molecule has 0 aliphatic carbocycles. The molecule has 1 amide bonds. The monoisotopic (exact) mass is 420 g/mol. The molecule has 0 bridgehead atoms. The fourth-order valence-electron chi connectivity index (χ4n) is 3.08. The van der Waals surface area contributed by atoms with Crippen molar-refractivity contribution in [3.63, 3.8) is 0 Å². The second-order valence-corrected chi connectivity index (χ2v) is 8.53. The van der Waals surface area contributed by atoms with Crippen LogP contribution >= 0.6 is 46.1 Å². The number of benzene rings is 1. The van der Waals surface area contributed by atoms with Gasteiger partial charge in [0.1, 0.15) is 10.2 Å². The zero-order valence-corrected chi connectivity index (χ0v) is 16.3. The summed E-state index contributed by atoms with van der Waals surface area (Å²) in [7, 11) is 0. The molecular formula is C17H16Cl3FN2OS. The predicted octanol–water partition coefficient (Wildman–Crippen LogP) is 5.41. The molecule has 1 fully saturated rings. The predicted molar refractivity (Wildman–Crippen MR) is 102 cm³/mol. The van der Waals surface area contributed by atoms with Crippen LogP contribution in [-0.4, -0.2) is 30.4 Å². The third-order valence-electron chi connectivity index (χ3n) is 4.27. The zero-order valence-electron chi connectivity index (χ0n) is 13.2. The van der Waals surface area contributed by atoms with Gasteiger partial charge in [0.05, 0.1) is 15.9 Å². The summed E-state index contributed by atoms with van der Waals surface area (Å²) >= 11 is 19.3. The van der Waals surface area contributed by atoms with E-state index in [0.29, 0.717) is 24.8 Å². The summed E-state index contributed by atoms with van der Waals surface area (Å²) in [5, 5.41) is 3.20. The van der Waals surface area contributed by atoms with Crippen LogP contribution in [0.2, 0.25) is 13.7 Å². The number of carbonyl (C=O) groups is 1. The summed E-state index contributed by atoms with van der Waals surface area (Å²) in [4.78, 5) is 14.6. The van der Waals surface area contributed by atoms with E-state index >= 15 is 0 Å². The van der Waals surface area contributed by atoms with Crippen molar-refractivity contribution in [3.05, 3.63) is 54.9 Å². The van der Waals surface area contributed by atoms with Gasteiger partial charge in [-0.2, -0.15) is 0 Å². The van der Waals surface area contributed by atoms with Gasteiger partial charge in [-0.25, -0.2) is 4.39 Å². The van der Waals surface area contributed by atoms with Gasteiger partial charge >= 0.3 is 0 Å². The van der Waals surface area contributed by atoms with Crippen molar-refractivity contribution in [3.8, 4) is 0 Å². The van der Waals surface area contributed by atoms with E-state index in [2.05, 4.69) is 10.2 Å². The van der Waals surface area contributed by atoms with Gasteiger partial charge in [-0.3, -0.25) is 9.69 Å². The first kappa shape index (κ1) is 18.9. The molecule has 1 saturated heterocycles. The highest BCUT2D eigenvalue weighted by molar-refractivity contribution is 7.20. The van der Waals surface area contributed by atoms with Gasteiger partial charge in [-0.1, -0.05) is 40.9 Å². The van der Waals surface area contributed by atoms with E-state index in [0.717, 1.165) is 37.3 Å². The number of halogens is 4. The highest BCUT2D eigenvalue weighted by atomic mass is 35.5. The lowest BCUT2D eigenvalue weighted by atomic mass is 10.0. The van der Waals surface area contributed by atoms with E-state index in [1.807, 2.05) is 0 Å². The molecule has 3 rings (SSSR count). The topological polar surface area (TPSA) is 32.3 Å². The third-order valence-corrected chi connectivity index (χ3v) is 6.09. The fourth-order valence-corrected chi connectivity index (χ4v) is 4.82. The molecule has 25 heavy (non-hydrogen) atoms. The van der Waals surface area contributed by atoms with Crippen molar-refractivity contribution in [2.45, 2.75) is 18.9 Å². The van der Waals surface area contributed by atoms with E-state index < -0.39 is 0 Å². The molecule has 2 aromatic rings. The zero-order chi connectivity index (χ0) is 18.0. The smallest absolute Gasteiger partial charge is 0.253 e. The van der Waals surface area contributed by atoms with Gasteiger partial charge in [-0.15, -0.1) is 11.3 Å². The van der Waals surface area contributed by atoms with Gasteiger partial charge in [-0.05, 0) is 44.1 Å². The first-order valence-corrected chi connectivity index (χ1v) is 9.83. The Kier molecular flexibility index (Phi) is 6.23. The lowest BCUT2D eigenvalue weighted by Gasteiger charge is -2.29. The maximum atomic E-state index is 14.4. The lowest BCUT2D eigenvalue weighted by molar-refractivity contribution is 0.0937. The average molecular weight is 422 g/mol. The van der Waals surface area contributed by atoms with Crippen molar-refractivity contribution < 1.29 is 9.18 Å². The molecule has 0 unspecified atom stereocenters. The maximum Gasteiger partial charge on any atom is 0.253 e. The number of amides is 1. The molecule has 1 aliphatic heterocycles. The van der Waals surface area contributed by atoms with Crippen LogP contribution in [0.1, 0.15) is 34.8 Å². The van der Waals surface area contributed by atoms with Gasteiger partial charge in [0.25, 0.3) is 5.91 Å². The summed E-state index contributed by atoms with van der Waals surface area (Å²) in [5.41, 5.74) is 0.747. The second kappa shape index (κ2) is 8.23. The van der Waals surface area contributed by atoms with Crippen LogP contribution in [0.25, 0.3) is 0 Å². The highest BCUT2D eigenvalue weighted by Gasteiger charge is 2.28. The number of carbonyl (C=O) groups excluding carboxylic acids is 1. The van der Waals surface area contributed by atoms with Gasteiger partial charge in [0.2, 0.25) is 0 Å². The van der Waals surface area contributed by atoms with Crippen molar-refractivity contribution in [1.29, 1.82) is 0 Å². The number of nitrogens with one attached hydrogen (secondary N) is 1. The van der Waals surface area contributed by atoms with Crippen molar-refractivity contribution in [2.24, 2.45) is 0 Å². The van der Waals surface area contributed by atoms with Crippen LogP contribution in [0.4, 0.5) is 4.39 Å². The van der Waals surface area contributed by atoms with E-state index in [4.69, 9.17) is 34.8 Å². The third kappa shape index (κ3) is 4.29. The summed E-state index contributed by atoms with van der Waals surface area (Å²) in [6.07, 6.45) is 2.09. The van der Waals surface area contributed by atoms with Crippen LogP contribution in [0.3, 0.4) is 0 Å². The number of nitrogens with zero attached hydrogens (tertiary/aromatic N) is 1. The Balaban J connectivity index is 1.81. The number of hydrogen-bond acceptors (Lipinski definition) is 3. The van der Waals surface area contributed by atoms with E-state index in [9.17, 15) is 9.18 Å². The fraction of sp³-hybridized carbons (Fsp3) is 0.353. The summed E-state index contributed by atoms with van der Waals surface area (Å²) in [5.74, 6) is -0.694. The molecular weight excluding hydrogens is 406 g/mol. The minimum absolute atomic E-state index is 0.239. The molecule has 1 aromatic heterocycles. The number of hydrogen-bond donors (Lipinski definition) is 1. The van der Waals surface area contributed by atoms with Crippen LogP contribution in [0, 0.1) is 5.82 Å². The van der Waals surface area contributed by atoms with Gasteiger partial charge < -0.3 is 5.32 Å². The number of rotatable bonds is 5. The highest BCUT2D eigenvalue weighted by Crippen LogP contribution is 2.33. The van der Waals surface area contributed by atoms with E-state index in [-0.39, 0.29) is 24.3 Å². The molecule has 1 atom stereocenters. The first-order valence-electron chi connectivity index (χ1n) is 7.88. The molecule has 1 N–H and O–H groups in total. The largest absolute Gasteiger partial charge is 0.350 e. The molecule has 3 nitrogen and oxygen atoms in total. The Bertz CT molecular complexity index is 757. The maximum absolute atomic E-state index is 14.4. The van der Waals surface area contributed by atoms with Crippen LogP contribution in [0.5, 0.6) is 0 Å². The average Bonchev–Trinajstić information content (AvgIpc) is 3.19. The molecule has 8 heteroatoms. The van der Waals surface area contributed by atoms with Crippen molar-refractivity contribution >= 4 is 52.0 Å². The summed E-state index contributed by atoms with van der Waals surface area (Å²) < 4.78 is 15.2. The summed E-state index contributed by atoms with van der Waals surface area (Å²) in [6.45, 7) is 1.93. The Morgan fingerprint density at radius 3 is 2.60 bits per heavy atom. The molecule has 1 aliphatic rings. The second-order valence-electron chi connectivity index (χ2n) is 5.84. The minimum atomic E-state index is -0.366. The van der Waals surface area contributed by atoms with Crippen molar-refractivity contribution in [2.75, 3.05) is 19.6 Å². The Morgan fingerprint density at radius 2 is 2.00 bits per heavy atom. The Labute approximate surface area is 164 Å². The van der Waals surface area contributed by atoms with Crippen molar-refractivity contribution in [1.82, 2.24) is 10.2 Å². The quantitative estimate of drug-likeness (QED) is 0.699. The van der Waals surface area contributed by atoms with E-state index in [1.165, 1.54) is 12.1 Å². The molecule has 0 radical (unpaired) electrons. The SMILES string of the molecule is O=C(NC[C@@H](c1c(F)cccc1Cl)N1CCCC1)c1cc(Cl)sc1Cl. The summed E-state index contributed by atoms with van der Waals surface area (Å²) in [6, 6.07) is 5.84. The lowest BCUT2D eigenvalue weighted by Crippen LogP contribution is -2.37. The normalized spacial score (nSPS) is 16.2. The van der Waals surface area contributed by atoms with Crippen LogP contribution in [-0.2, 0) is 0 Å². The van der Waals surface area contributed by atoms with Crippen LogP contribution < -0.4 is 5.32 Å². The molecule has 0 saturated carbocycles. The molecule has 134 valence electrons. The Hall–Kier alpha value is -0.850. The standard InChI is InChI=1S/C17H16Cl3FN2OS/c18-11-4-3-5-12(21)15(11)13(23-6-1-2-7-23)9-22-17(24)10-8-14(19)25-16(10)20/h3-5,8,13H,1-2,6-7,9H2,(H,22,24)/t13-/m0/s1. The van der Waals surface area contributed by atoms with Crippen LogP contribution in [0.15, 0.2) is 24.3 Å². The molecule has 0 spiro atoms. The van der Waals surface area contributed by atoms with E-state index in [1.54, 1.807) is 12.1 Å². The molecule has 2 heterocycles. The van der Waals surface area contributed by atoms with Gasteiger partial charge in [0.15, 0.2) is 0 Å². The number of likely N-dealkylation sites (tertiary alicyclic amines) is 1. The Morgan fingerprint density at radius 1 is 1.28 bits per heavy atom. The first-order chi connectivity index (χ1) is 12.0. The minimum Gasteiger partial charge on any atom is -0.350 e.